The zero-order valence-corrected chi connectivity index (χ0v) is 14.0. The Morgan fingerprint density at radius 2 is 1.52 bits per heavy atom. The van der Waals surface area contributed by atoms with E-state index < -0.39 is 11.7 Å². The summed E-state index contributed by atoms with van der Waals surface area (Å²) >= 11 is 6.21. The largest absolute Gasteiger partial charge is 0.319 e. The summed E-state index contributed by atoms with van der Waals surface area (Å²) in [4.78, 5) is 12.8. The van der Waals surface area contributed by atoms with Crippen molar-refractivity contribution in [3.8, 4) is 0 Å². The van der Waals surface area contributed by atoms with Gasteiger partial charge in [-0.05, 0) is 35.4 Å². The van der Waals surface area contributed by atoms with Crippen molar-refractivity contribution in [1.29, 1.82) is 0 Å². The molecule has 0 bridgehead atoms. The van der Waals surface area contributed by atoms with Gasteiger partial charge in [0.25, 0.3) is 5.91 Å². The molecule has 2 nitrogen and oxygen atoms in total. The topological polar surface area (TPSA) is 29.1 Å². The van der Waals surface area contributed by atoms with Crippen molar-refractivity contribution in [2.45, 2.75) is 0 Å². The Bertz CT molecular complexity index is 922. The second-order valence-corrected chi connectivity index (χ2v) is 5.79. The highest BCUT2D eigenvalue weighted by Gasteiger charge is 2.14. The zero-order valence-electron chi connectivity index (χ0n) is 13.2. The number of carbonyl (C=O) groups is 1. The van der Waals surface area contributed by atoms with Crippen LogP contribution in [0.3, 0.4) is 0 Å². The molecule has 3 aromatic rings. The van der Waals surface area contributed by atoms with Crippen molar-refractivity contribution < 1.29 is 9.18 Å². The Balaban J connectivity index is 2.01. The fraction of sp³-hybridized carbons (Fsp3) is 0. The number of hydrogen-bond donors (Lipinski definition) is 1. The maximum Gasteiger partial charge on any atom is 0.256 e. The number of benzene rings is 3. The lowest BCUT2D eigenvalue weighted by atomic mass is 10.0. The minimum Gasteiger partial charge on any atom is -0.319 e. The van der Waals surface area contributed by atoms with Gasteiger partial charge in [0.05, 0.1) is 5.69 Å². The number of halogens is 2. The summed E-state index contributed by atoms with van der Waals surface area (Å²) < 4.78 is 13.9. The summed E-state index contributed by atoms with van der Waals surface area (Å²) in [5.74, 6) is -0.891. The van der Waals surface area contributed by atoms with Crippen molar-refractivity contribution in [3.05, 3.63) is 101 Å². The summed E-state index contributed by atoms with van der Waals surface area (Å²) in [5, 5.41) is 3.16. The summed E-state index contributed by atoms with van der Waals surface area (Å²) in [7, 11) is 0. The molecular weight excluding hydrogens is 337 g/mol. The molecule has 0 atom stereocenters. The van der Waals surface area contributed by atoms with Gasteiger partial charge in [0.2, 0.25) is 0 Å². The molecular formula is C21H15ClFNO. The lowest BCUT2D eigenvalue weighted by Gasteiger charge is -2.11. The highest BCUT2D eigenvalue weighted by molar-refractivity contribution is 6.34. The molecule has 0 radical (unpaired) electrons. The second-order valence-electron chi connectivity index (χ2n) is 5.38. The molecule has 1 amide bonds. The van der Waals surface area contributed by atoms with Crippen molar-refractivity contribution in [1.82, 2.24) is 0 Å². The van der Waals surface area contributed by atoms with Gasteiger partial charge in [-0.15, -0.1) is 0 Å². The first-order valence-electron chi connectivity index (χ1n) is 7.72. The molecule has 0 saturated carbocycles. The Kier molecular flexibility index (Phi) is 5.26. The Labute approximate surface area is 150 Å². The molecule has 0 aromatic heterocycles. The Morgan fingerprint density at radius 3 is 2.24 bits per heavy atom. The molecule has 0 heterocycles. The van der Waals surface area contributed by atoms with Gasteiger partial charge < -0.3 is 5.32 Å². The van der Waals surface area contributed by atoms with Crippen LogP contribution < -0.4 is 5.32 Å². The van der Waals surface area contributed by atoms with Gasteiger partial charge in [-0.2, -0.15) is 0 Å². The first-order chi connectivity index (χ1) is 12.1. The molecule has 0 unspecified atom stereocenters. The quantitative estimate of drug-likeness (QED) is 0.477. The molecule has 3 aromatic carbocycles. The van der Waals surface area contributed by atoms with Gasteiger partial charge in [0, 0.05) is 10.6 Å². The van der Waals surface area contributed by atoms with E-state index in [1.54, 1.807) is 24.3 Å². The van der Waals surface area contributed by atoms with Crippen LogP contribution in [0.1, 0.15) is 11.1 Å². The van der Waals surface area contributed by atoms with Crippen LogP contribution in [-0.2, 0) is 4.79 Å². The van der Waals surface area contributed by atoms with Crippen molar-refractivity contribution in [2.24, 2.45) is 0 Å². The van der Waals surface area contributed by atoms with E-state index in [0.717, 1.165) is 5.56 Å². The second kappa shape index (κ2) is 7.77. The number of amides is 1. The number of rotatable bonds is 4. The van der Waals surface area contributed by atoms with E-state index in [2.05, 4.69) is 5.32 Å². The predicted molar refractivity (Wildman–Crippen MR) is 101 cm³/mol. The minimum absolute atomic E-state index is 0.133. The third-order valence-corrected chi connectivity index (χ3v) is 4.00. The van der Waals surface area contributed by atoms with Gasteiger partial charge >= 0.3 is 0 Å². The van der Waals surface area contributed by atoms with E-state index in [1.165, 1.54) is 12.1 Å². The Hall–Kier alpha value is -2.91. The van der Waals surface area contributed by atoms with E-state index in [-0.39, 0.29) is 5.69 Å². The minimum atomic E-state index is -0.485. The van der Waals surface area contributed by atoms with Crippen LogP contribution in [0.25, 0.3) is 11.6 Å². The normalized spacial score (nSPS) is 11.2. The monoisotopic (exact) mass is 351 g/mol. The lowest BCUT2D eigenvalue weighted by Crippen LogP contribution is -2.14. The van der Waals surface area contributed by atoms with Crippen LogP contribution in [0, 0.1) is 5.82 Å². The summed E-state index contributed by atoms with van der Waals surface area (Å²) in [6.07, 6.45) is 1.70. The van der Waals surface area contributed by atoms with Gasteiger partial charge in [-0.25, -0.2) is 4.39 Å². The molecule has 0 aliphatic rings. The number of carbonyl (C=O) groups excluding carboxylic acids is 1. The van der Waals surface area contributed by atoms with Crippen LogP contribution in [0.4, 0.5) is 10.1 Å². The number of nitrogens with one attached hydrogen (secondary N) is 1. The Morgan fingerprint density at radius 1 is 0.880 bits per heavy atom. The average Bonchev–Trinajstić information content (AvgIpc) is 2.63. The van der Waals surface area contributed by atoms with Crippen LogP contribution in [0.2, 0.25) is 5.02 Å². The first kappa shape index (κ1) is 16.9. The van der Waals surface area contributed by atoms with E-state index in [0.29, 0.717) is 16.2 Å². The molecule has 4 heteroatoms. The molecule has 0 aliphatic carbocycles. The SMILES string of the molecule is O=C(Nc1ccccc1F)/C(=C\c1ccccc1Cl)c1ccccc1. The van der Waals surface area contributed by atoms with Crippen molar-refractivity contribution in [3.63, 3.8) is 0 Å². The standard InChI is InChI=1S/C21H15ClFNO/c22-18-11-5-4-10-16(18)14-17(15-8-2-1-3-9-15)21(25)24-20-13-7-6-12-19(20)23/h1-14H,(H,24,25)/b17-14-. The van der Waals surface area contributed by atoms with E-state index in [4.69, 9.17) is 11.6 Å². The van der Waals surface area contributed by atoms with E-state index in [9.17, 15) is 9.18 Å². The highest BCUT2D eigenvalue weighted by Crippen LogP contribution is 2.25. The fourth-order valence-electron chi connectivity index (χ4n) is 2.40. The number of hydrogen-bond acceptors (Lipinski definition) is 1. The van der Waals surface area contributed by atoms with Crippen molar-refractivity contribution in [2.75, 3.05) is 5.32 Å². The molecule has 1 N–H and O–H groups in total. The predicted octanol–water partition coefficient (Wildman–Crippen LogP) is 5.66. The zero-order chi connectivity index (χ0) is 17.6. The third kappa shape index (κ3) is 4.14. The maximum atomic E-state index is 13.9. The third-order valence-electron chi connectivity index (χ3n) is 3.66. The maximum absolute atomic E-state index is 13.9. The summed E-state index contributed by atoms with van der Waals surface area (Å²) in [6.45, 7) is 0. The smallest absolute Gasteiger partial charge is 0.256 e. The van der Waals surface area contributed by atoms with Gasteiger partial charge in [-0.3, -0.25) is 4.79 Å². The summed E-state index contributed by atoms with van der Waals surface area (Å²) in [5.41, 5.74) is 1.97. The fourth-order valence-corrected chi connectivity index (χ4v) is 2.59. The number of anilines is 1. The van der Waals surface area contributed by atoms with E-state index in [1.807, 2.05) is 48.5 Å². The van der Waals surface area contributed by atoms with Crippen LogP contribution in [0.5, 0.6) is 0 Å². The van der Waals surface area contributed by atoms with Crippen LogP contribution in [0.15, 0.2) is 78.9 Å². The molecule has 25 heavy (non-hydrogen) atoms. The molecule has 0 spiro atoms. The van der Waals surface area contributed by atoms with Crippen LogP contribution in [-0.4, -0.2) is 5.91 Å². The molecule has 124 valence electrons. The first-order valence-corrected chi connectivity index (χ1v) is 8.10. The van der Waals surface area contributed by atoms with Crippen molar-refractivity contribution >= 4 is 34.8 Å². The molecule has 3 rings (SSSR count). The molecule has 0 fully saturated rings. The lowest BCUT2D eigenvalue weighted by molar-refractivity contribution is -0.111. The van der Waals surface area contributed by atoms with Gasteiger partial charge in [0.1, 0.15) is 5.82 Å². The summed E-state index contributed by atoms with van der Waals surface area (Å²) in [6, 6.07) is 22.5. The number of para-hydroxylation sites is 1. The van der Waals surface area contributed by atoms with Crippen LogP contribution >= 0.6 is 11.6 Å². The van der Waals surface area contributed by atoms with Gasteiger partial charge in [-0.1, -0.05) is 72.3 Å². The van der Waals surface area contributed by atoms with E-state index >= 15 is 0 Å². The average molecular weight is 352 g/mol. The van der Waals surface area contributed by atoms with Gasteiger partial charge in [0.15, 0.2) is 0 Å². The highest BCUT2D eigenvalue weighted by atomic mass is 35.5. The molecule has 0 saturated heterocycles. The molecule has 0 aliphatic heterocycles.